The largest absolute Gasteiger partial charge is 0.454 e. The molecular formula is C31H30F3N7O3. The van der Waals surface area contributed by atoms with E-state index in [1.54, 1.807) is 23.4 Å². The molecule has 2 N–H and O–H groups in total. The summed E-state index contributed by atoms with van der Waals surface area (Å²) in [5.41, 5.74) is 5.92. The molecule has 3 heterocycles. The standard InChI is InChI=1S/C31H30F3N7O3/c1-4-43-31(2,3)14-18(15-35)30(42)40-12-6-7-19(40)16-41-29-25(28(36)37-17-38-29)27(39-41)21-11-10-20(13-23(21)33)44-24-9-5-8-22(32)26(24)34/h5,8-11,13-14,17,19H,4,6-7,12,16H2,1-3H3,(H2,36,37,38)/t19-/m1/s1. The van der Waals surface area contributed by atoms with Crippen molar-refractivity contribution in [1.29, 1.82) is 5.26 Å². The van der Waals surface area contributed by atoms with Crippen LogP contribution in [0, 0.1) is 28.8 Å². The van der Waals surface area contributed by atoms with E-state index in [4.69, 9.17) is 15.2 Å². The van der Waals surface area contributed by atoms with E-state index < -0.39 is 34.7 Å². The Morgan fingerprint density at radius 2 is 2.00 bits per heavy atom. The number of likely N-dealkylation sites (tertiary alicyclic amines) is 1. The fraction of sp³-hybridized carbons (Fsp3) is 0.323. The van der Waals surface area contributed by atoms with Crippen LogP contribution in [0.2, 0.25) is 0 Å². The van der Waals surface area contributed by atoms with Gasteiger partial charge in [0.2, 0.25) is 5.82 Å². The molecule has 1 saturated heterocycles. The molecule has 44 heavy (non-hydrogen) atoms. The Kier molecular flexibility index (Phi) is 8.55. The van der Waals surface area contributed by atoms with Gasteiger partial charge in [0, 0.05) is 24.8 Å². The van der Waals surface area contributed by atoms with E-state index in [0.29, 0.717) is 30.6 Å². The smallest absolute Gasteiger partial charge is 0.264 e. The number of benzene rings is 2. The summed E-state index contributed by atoms with van der Waals surface area (Å²) < 4.78 is 55.7. The van der Waals surface area contributed by atoms with Gasteiger partial charge in [0.05, 0.1) is 23.6 Å². The van der Waals surface area contributed by atoms with Crippen molar-refractivity contribution in [2.24, 2.45) is 0 Å². The molecule has 0 spiro atoms. The highest BCUT2D eigenvalue weighted by Crippen LogP contribution is 2.35. The molecule has 5 rings (SSSR count). The fourth-order valence-corrected chi connectivity index (χ4v) is 5.34. The number of nitrogens with two attached hydrogens (primary N) is 1. The van der Waals surface area contributed by atoms with Gasteiger partial charge in [0.15, 0.2) is 17.2 Å². The van der Waals surface area contributed by atoms with Gasteiger partial charge in [-0.15, -0.1) is 0 Å². The number of hydrogen-bond acceptors (Lipinski definition) is 8. The van der Waals surface area contributed by atoms with Gasteiger partial charge in [0.1, 0.15) is 41.0 Å². The average Bonchev–Trinajstić information content (AvgIpc) is 3.59. The third-order valence-electron chi connectivity index (χ3n) is 7.28. The van der Waals surface area contributed by atoms with Gasteiger partial charge in [-0.05, 0) is 64.0 Å². The number of ether oxygens (including phenoxy) is 2. The Hall–Kier alpha value is -4.96. The number of carbonyl (C=O) groups excluding carboxylic acids is 1. The van der Waals surface area contributed by atoms with E-state index in [-0.39, 0.29) is 41.0 Å². The number of anilines is 1. The van der Waals surface area contributed by atoms with Gasteiger partial charge < -0.3 is 20.1 Å². The number of nitrogen functional groups attached to an aromatic ring is 1. The maximum atomic E-state index is 15.5. The second-order valence-corrected chi connectivity index (χ2v) is 10.8. The number of fused-ring (bicyclic) bond motifs is 1. The lowest BCUT2D eigenvalue weighted by Crippen LogP contribution is -2.39. The molecule has 0 aliphatic carbocycles. The molecule has 2 aromatic carbocycles. The lowest BCUT2D eigenvalue weighted by atomic mass is 10.0. The summed E-state index contributed by atoms with van der Waals surface area (Å²) in [5, 5.41) is 14.7. The quantitative estimate of drug-likeness (QED) is 0.194. The monoisotopic (exact) mass is 605 g/mol. The van der Waals surface area contributed by atoms with Crippen LogP contribution in [-0.2, 0) is 16.1 Å². The Labute approximate surface area is 251 Å². The molecule has 1 aliphatic heterocycles. The molecule has 228 valence electrons. The molecule has 13 heteroatoms. The van der Waals surface area contributed by atoms with Crippen LogP contribution in [0.3, 0.4) is 0 Å². The van der Waals surface area contributed by atoms with Crippen molar-refractivity contribution >= 4 is 22.8 Å². The molecule has 1 amide bonds. The zero-order chi connectivity index (χ0) is 31.6. The first kappa shape index (κ1) is 30.5. The van der Waals surface area contributed by atoms with Crippen molar-refractivity contribution < 1.29 is 27.4 Å². The number of rotatable bonds is 9. The molecule has 2 aromatic heterocycles. The van der Waals surface area contributed by atoms with Crippen LogP contribution >= 0.6 is 0 Å². The second kappa shape index (κ2) is 12.3. The maximum Gasteiger partial charge on any atom is 0.264 e. The highest BCUT2D eigenvalue weighted by molar-refractivity contribution is 5.99. The molecule has 1 aliphatic rings. The van der Waals surface area contributed by atoms with Gasteiger partial charge in [-0.1, -0.05) is 6.07 Å². The fourth-order valence-electron chi connectivity index (χ4n) is 5.34. The zero-order valence-corrected chi connectivity index (χ0v) is 24.4. The number of hydrogen-bond donors (Lipinski definition) is 1. The number of nitriles is 1. The molecule has 0 unspecified atom stereocenters. The number of amides is 1. The topological polar surface area (TPSA) is 132 Å². The average molecular weight is 606 g/mol. The first-order valence-corrected chi connectivity index (χ1v) is 14.0. The van der Waals surface area contributed by atoms with Crippen LogP contribution in [0.1, 0.15) is 33.6 Å². The summed E-state index contributed by atoms with van der Waals surface area (Å²) in [4.78, 5) is 23.5. The lowest BCUT2D eigenvalue weighted by Gasteiger charge is -2.26. The van der Waals surface area contributed by atoms with Crippen LogP contribution in [0.5, 0.6) is 11.5 Å². The summed E-state index contributed by atoms with van der Waals surface area (Å²) in [6.45, 7) is 6.46. The normalized spacial score (nSPS) is 15.5. The highest BCUT2D eigenvalue weighted by atomic mass is 19.2. The van der Waals surface area contributed by atoms with Crippen molar-refractivity contribution in [2.75, 3.05) is 18.9 Å². The molecular weight excluding hydrogens is 575 g/mol. The highest BCUT2D eigenvalue weighted by Gasteiger charge is 2.33. The third kappa shape index (κ3) is 6.07. The van der Waals surface area contributed by atoms with Crippen molar-refractivity contribution in [3.63, 3.8) is 0 Å². The zero-order valence-electron chi connectivity index (χ0n) is 24.4. The minimum Gasteiger partial charge on any atom is -0.454 e. The Morgan fingerprint density at radius 3 is 2.73 bits per heavy atom. The number of halogens is 3. The van der Waals surface area contributed by atoms with Crippen LogP contribution in [0.4, 0.5) is 19.0 Å². The molecule has 1 atom stereocenters. The number of aromatic nitrogens is 4. The third-order valence-corrected chi connectivity index (χ3v) is 7.28. The van der Waals surface area contributed by atoms with E-state index in [1.807, 2.05) is 13.0 Å². The molecule has 10 nitrogen and oxygen atoms in total. The van der Waals surface area contributed by atoms with Crippen molar-refractivity contribution in [3.8, 4) is 28.8 Å². The predicted octanol–water partition coefficient (Wildman–Crippen LogP) is 5.54. The Morgan fingerprint density at radius 1 is 1.20 bits per heavy atom. The SMILES string of the molecule is CCOC(C)(C)C=C(C#N)C(=O)N1CCC[C@@H]1Cn1nc(-c2ccc(Oc3cccc(F)c3F)cc2F)c2c(N)ncnc21. The summed E-state index contributed by atoms with van der Waals surface area (Å²) in [6.07, 6.45) is 4.16. The summed E-state index contributed by atoms with van der Waals surface area (Å²) in [6, 6.07) is 8.94. The number of carbonyl (C=O) groups is 1. The lowest BCUT2D eigenvalue weighted by molar-refractivity contribution is -0.127. The van der Waals surface area contributed by atoms with E-state index in [1.165, 1.54) is 36.7 Å². The first-order chi connectivity index (χ1) is 21.0. The van der Waals surface area contributed by atoms with Crippen molar-refractivity contribution in [3.05, 3.63) is 71.8 Å². The van der Waals surface area contributed by atoms with E-state index in [9.17, 15) is 18.8 Å². The van der Waals surface area contributed by atoms with Gasteiger partial charge in [-0.3, -0.25) is 4.79 Å². The molecule has 0 bridgehead atoms. The summed E-state index contributed by atoms with van der Waals surface area (Å²) >= 11 is 0. The van der Waals surface area contributed by atoms with Gasteiger partial charge in [-0.2, -0.15) is 14.8 Å². The minimum atomic E-state index is -1.19. The molecule has 0 saturated carbocycles. The first-order valence-electron chi connectivity index (χ1n) is 14.0. The second-order valence-electron chi connectivity index (χ2n) is 10.8. The van der Waals surface area contributed by atoms with Gasteiger partial charge in [0.25, 0.3) is 5.91 Å². The number of nitrogens with zero attached hydrogens (tertiary/aromatic N) is 6. The van der Waals surface area contributed by atoms with Crippen molar-refractivity contribution in [2.45, 2.75) is 51.8 Å². The minimum absolute atomic E-state index is 0.0181. The van der Waals surface area contributed by atoms with E-state index in [0.717, 1.165) is 18.6 Å². The Bertz CT molecular complexity index is 1800. The van der Waals surface area contributed by atoms with Crippen LogP contribution < -0.4 is 10.5 Å². The molecule has 4 aromatic rings. The molecule has 1 fully saturated rings. The maximum absolute atomic E-state index is 15.5. The van der Waals surface area contributed by atoms with Crippen molar-refractivity contribution in [1.82, 2.24) is 24.6 Å². The van der Waals surface area contributed by atoms with Gasteiger partial charge in [-0.25, -0.2) is 23.4 Å². The van der Waals surface area contributed by atoms with Gasteiger partial charge >= 0.3 is 0 Å². The predicted molar refractivity (Wildman–Crippen MR) is 156 cm³/mol. The Balaban J connectivity index is 1.46. The summed E-state index contributed by atoms with van der Waals surface area (Å²) in [5.74, 6) is -3.83. The van der Waals surface area contributed by atoms with Crippen LogP contribution in [-0.4, -0.2) is 55.4 Å². The van der Waals surface area contributed by atoms with E-state index in [2.05, 4.69) is 15.1 Å². The van der Waals surface area contributed by atoms with Crippen LogP contribution in [0.25, 0.3) is 22.3 Å². The molecule has 0 radical (unpaired) electrons. The summed E-state index contributed by atoms with van der Waals surface area (Å²) in [7, 11) is 0. The van der Waals surface area contributed by atoms with Crippen LogP contribution in [0.15, 0.2) is 54.4 Å². The van der Waals surface area contributed by atoms with E-state index >= 15 is 4.39 Å².